The third kappa shape index (κ3) is 2.72. The van der Waals surface area contributed by atoms with E-state index in [1.807, 2.05) is 12.1 Å². The van der Waals surface area contributed by atoms with Gasteiger partial charge in [-0.05, 0) is 12.1 Å². The van der Waals surface area contributed by atoms with Crippen molar-refractivity contribution < 1.29 is 9.47 Å². The second-order valence-electron chi connectivity index (χ2n) is 4.09. The molecular formula is C12H18N4O2. The molecule has 1 unspecified atom stereocenters. The first-order valence-electron chi connectivity index (χ1n) is 5.72. The molecule has 1 heterocycles. The van der Waals surface area contributed by atoms with Crippen LogP contribution in [0.15, 0.2) is 18.3 Å². The fraction of sp³-hybridized carbons (Fsp3) is 0.417. The molecule has 1 aromatic carbocycles. The Kier molecular flexibility index (Phi) is 4.01. The molecule has 18 heavy (non-hydrogen) atoms. The predicted molar refractivity (Wildman–Crippen MR) is 71.7 cm³/mol. The van der Waals surface area contributed by atoms with Gasteiger partial charge in [0.1, 0.15) is 0 Å². The zero-order valence-electron chi connectivity index (χ0n) is 10.6. The molecule has 0 bridgehead atoms. The van der Waals surface area contributed by atoms with E-state index in [0.717, 1.165) is 16.6 Å². The standard InChI is InChI=1S/C12H18N4O2/c1-17-7-9(18-2)6-14-12-4-11-8(3-10(12)13)5-15-16-11/h3-5,9,14H,6-7,13H2,1-2H3,(H,15,16). The molecule has 0 saturated carbocycles. The van der Waals surface area contributed by atoms with Gasteiger partial charge in [-0.25, -0.2) is 0 Å². The van der Waals surface area contributed by atoms with Crippen LogP contribution in [0.1, 0.15) is 0 Å². The van der Waals surface area contributed by atoms with Gasteiger partial charge < -0.3 is 20.5 Å². The summed E-state index contributed by atoms with van der Waals surface area (Å²) in [7, 11) is 3.31. The second-order valence-corrected chi connectivity index (χ2v) is 4.09. The summed E-state index contributed by atoms with van der Waals surface area (Å²) >= 11 is 0. The zero-order chi connectivity index (χ0) is 13.0. The van der Waals surface area contributed by atoms with Gasteiger partial charge in [0.2, 0.25) is 0 Å². The molecule has 0 aliphatic carbocycles. The van der Waals surface area contributed by atoms with E-state index < -0.39 is 0 Å². The third-order valence-electron chi connectivity index (χ3n) is 2.82. The number of benzene rings is 1. The molecule has 0 fully saturated rings. The number of rotatable bonds is 6. The summed E-state index contributed by atoms with van der Waals surface area (Å²) in [6.45, 7) is 1.17. The first-order valence-corrected chi connectivity index (χ1v) is 5.72. The average molecular weight is 250 g/mol. The Morgan fingerprint density at radius 3 is 3.00 bits per heavy atom. The first-order chi connectivity index (χ1) is 8.74. The van der Waals surface area contributed by atoms with Crippen LogP contribution < -0.4 is 11.1 Å². The molecule has 6 heteroatoms. The van der Waals surface area contributed by atoms with Crippen molar-refractivity contribution in [2.45, 2.75) is 6.10 Å². The van der Waals surface area contributed by atoms with Crippen molar-refractivity contribution >= 4 is 22.3 Å². The van der Waals surface area contributed by atoms with Crippen molar-refractivity contribution in [2.24, 2.45) is 0 Å². The van der Waals surface area contributed by atoms with E-state index in [1.165, 1.54) is 0 Å². The molecule has 0 spiro atoms. The summed E-state index contributed by atoms with van der Waals surface area (Å²) in [5.74, 6) is 0. The smallest absolute Gasteiger partial charge is 0.0976 e. The highest BCUT2D eigenvalue weighted by molar-refractivity contribution is 5.88. The Morgan fingerprint density at radius 1 is 1.44 bits per heavy atom. The van der Waals surface area contributed by atoms with Gasteiger partial charge in [0.15, 0.2) is 0 Å². The molecule has 2 aromatic rings. The molecule has 0 aliphatic heterocycles. The van der Waals surface area contributed by atoms with Crippen LogP contribution in [0.5, 0.6) is 0 Å². The van der Waals surface area contributed by atoms with Crippen molar-refractivity contribution in [2.75, 3.05) is 38.4 Å². The SMILES string of the molecule is COCC(CNc1cc2[nH]ncc2cc1N)OC. The number of nitrogens with two attached hydrogens (primary N) is 1. The maximum absolute atomic E-state index is 5.97. The number of nitrogens with one attached hydrogen (secondary N) is 2. The largest absolute Gasteiger partial charge is 0.397 e. The number of nitrogens with zero attached hydrogens (tertiary/aromatic N) is 1. The molecule has 98 valence electrons. The minimum atomic E-state index is -0.00753. The number of anilines is 2. The maximum Gasteiger partial charge on any atom is 0.0976 e. The van der Waals surface area contributed by atoms with Crippen LogP contribution in [-0.2, 0) is 9.47 Å². The van der Waals surface area contributed by atoms with Crippen molar-refractivity contribution in [3.8, 4) is 0 Å². The molecular weight excluding hydrogens is 232 g/mol. The van der Waals surface area contributed by atoms with E-state index in [1.54, 1.807) is 20.4 Å². The topological polar surface area (TPSA) is 85.2 Å². The van der Waals surface area contributed by atoms with Crippen molar-refractivity contribution in [3.63, 3.8) is 0 Å². The van der Waals surface area contributed by atoms with Crippen molar-refractivity contribution in [1.82, 2.24) is 10.2 Å². The predicted octanol–water partition coefficient (Wildman–Crippen LogP) is 1.22. The lowest BCUT2D eigenvalue weighted by Gasteiger charge is -2.16. The number of methoxy groups -OCH3 is 2. The second kappa shape index (κ2) is 5.70. The van der Waals surface area contributed by atoms with Gasteiger partial charge in [0.05, 0.1) is 35.8 Å². The van der Waals surface area contributed by atoms with Crippen molar-refractivity contribution in [3.05, 3.63) is 18.3 Å². The van der Waals surface area contributed by atoms with E-state index in [4.69, 9.17) is 15.2 Å². The molecule has 1 aromatic heterocycles. The van der Waals surface area contributed by atoms with Crippen LogP contribution in [0.3, 0.4) is 0 Å². The van der Waals surface area contributed by atoms with Crippen LogP contribution in [0, 0.1) is 0 Å². The highest BCUT2D eigenvalue weighted by atomic mass is 16.5. The summed E-state index contributed by atoms with van der Waals surface area (Å²) in [5.41, 5.74) is 8.48. The minimum absolute atomic E-state index is 0.00753. The fourth-order valence-electron chi connectivity index (χ4n) is 1.78. The summed E-state index contributed by atoms with van der Waals surface area (Å²) < 4.78 is 10.3. The normalized spacial score (nSPS) is 12.8. The van der Waals surface area contributed by atoms with Gasteiger partial charge >= 0.3 is 0 Å². The Balaban J connectivity index is 2.08. The van der Waals surface area contributed by atoms with E-state index >= 15 is 0 Å². The lowest BCUT2D eigenvalue weighted by molar-refractivity contribution is 0.0366. The number of H-pyrrole nitrogens is 1. The molecule has 2 rings (SSSR count). The third-order valence-corrected chi connectivity index (χ3v) is 2.82. The quantitative estimate of drug-likeness (QED) is 0.671. The number of aromatic amines is 1. The minimum Gasteiger partial charge on any atom is -0.397 e. The highest BCUT2D eigenvalue weighted by Gasteiger charge is 2.08. The van der Waals surface area contributed by atoms with E-state index in [-0.39, 0.29) is 6.10 Å². The van der Waals surface area contributed by atoms with Gasteiger partial charge in [0.25, 0.3) is 0 Å². The van der Waals surface area contributed by atoms with Crippen molar-refractivity contribution in [1.29, 1.82) is 0 Å². The lowest BCUT2D eigenvalue weighted by Crippen LogP contribution is -2.26. The number of hydrogen-bond donors (Lipinski definition) is 3. The lowest BCUT2D eigenvalue weighted by atomic mass is 10.2. The van der Waals surface area contributed by atoms with Crippen LogP contribution in [-0.4, -0.2) is 43.7 Å². The van der Waals surface area contributed by atoms with E-state index in [2.05, 4.69) is 15.5 Å². The van der Waals surface area contributed by atoms with E-state index in [0.29, 0.717) is 18.8 Å². The number of ether oxygens (including phenoxy) is 2. The molecule has 0 radical (unpaired) electrons. The Morgan fingerprint density at radius 2 is 2.28 bits per heavy atom. The van der Waals surface area contributed by atoms with Crippen LogP contribution >= 0.6 is 0 Å². The summed E-state index contributed by atoms with van der Waals surface area (Å²) in [5, 5.41) is 11.1. The number of hydrogen-bond acceptors (Lipinski definition) is 5. The monoisotopic (exact) mass is 250 g/mol. The Hall–Kier alpha value is -1.79. The average Bonchev–Trinajstić information content (AvgIpc) is 2.81. The van der Waals surface area contributed by atoms with Gasteiger partial charge in [-0.1, -0.05) is 0 Å². The van der Waals surface area contributed by atoms with Crippen LogP contribution in [0.25, 0.3) is 10.9 Å². The number of aromatic nitrogens is 2. The Bertz CT molecular complexity index is 512. The number of nitrogen functional groups attached to an aromatic ring is 1. The molecule has 4 N–H and O–H groups in total. The molecule has 6 nitrogen and oxygen atoms in total. The molecule has 0 aliphatic rings. The highest BCUT2D eigenvalue weighted by Crippen LogP contribution is 2.24. The zero-order valence-corrected chi connectivity index (χ0v) is 10.6. The summed E-state index contributed by atoms with van der Waals surface area (Å²) in [6, 6.07) is 3.83. The summed E-state index contributed by atoms with van der Waals surface area (Å²) in [4.78, 5) is 0. The van der Waals surface area contributed by atoms with Crippen LogP contribution in [0.4, 0.5) is 11.4 Å². The fourth-order valence-corrected chi connectivity index (χ4v) is 1.78. The molecule has 0 amide bonds. The van der Waals surface area contributed by atoms with Crippen LogP contribution in [0.2, 0.25) is 0 Å². The molecule has 1 atom stereocenters. The Labute approximate surface area is 105 Å². The van der Waals surface area contributed by atoms with Gasteiger partial charge in [-0.15, -0.1) is 0 Å². The molecule has 0 saturated heterocycles. The number of fused-ring (bicyclic) bond motifs is 1. The van der Waals surface area contributed by atoms with Gasteiger partial charge in [-0.3, -0.25) is 5.10 Å². The van der Waals surface area contributed by atoms with Gasteiger partial charge in [-0.2, -0.15) is 5.10 Å². The van der Waals surface area contributed by atoms with E-state index in [9.17, 15) is 0 Å². The first kappa shape index (κ1) is 12.7. The van der Waals surface area contributed by atoms with Gasteiger partial charge in [0, 0.05) is 26.2 Å². The maximum atomic E-state index is 5.97. The summed E-state index contributed by atoms with van der Waals surface area (Å²) in [6.07, 6.45) is 1.74.